The minimum atomic E-state index is -0.00581. The topological polar surface area (TPSA) is 64.2 Å². The van der Waals surface area contributed by atoms with E-state index in [-0.39, 0.29) is 11.9 Å². The molecule has 1 aliphatic rings. The van der Waals surface area contributed by atoms with Crippen molar-refractivity contribution in [3.63, 3.8) is 0 Å². The fraction of sp³-hybridized carbons (Fsp3) is 0.333. The van der Waals surface area contributed by atoms with Crippen LogP contribution in [0.3, 0.4) is 0 Å². The molecule has 2 N–H and O–H groups in total. The van der Waals surface area contributed by atoms with Gasteiger partial charge in [-0.05, 0) is 31.5 Å². The van der Waals surface area contributed by atoms with E-state index in [9.17, 15) is 4.79 Å². The van der Waals surface area contributed by atoms with Crippen molar-refractivity contribution < 1.29 is 4.79 Å². The lowest BCUT2D eigenvalue weighted by atomic mass is 10.2. The highest BCUT2D eigenvalue weighted by Gasteiger charge is 2.27. The third-order valence-electron chi connectivity index (χ3n) is 3.80. The number of rotatable bonds is 2. The first kappa shape index (κ1) is 14.1. The number of hydrogen-bond acceptors (Lipinski definition) is 3. The quantitative estimate of drug-likeness (QED) is 0.923. The Hall–Kier alpha value is -1.85. The summed E-state index contributed by atoms with van der Waals surface area (Å²) in [7, 11) is 0. The summed E-state index contributed by atoms with van der Waals surface area (Å²) in [6.45, 7) is 3.21. The second-order valence-corrected chi connectivity index (χ2v) is 5.77. The molecule has 0 radical (unpaired) electrons. The molecule has 0 saturated carbocycles. The van der Waals surface area contributed by atoms with Gasteiger partial charge in [0.25, 0.3) is 5.91 Å². The first-order valence-electron chi connectivity index (χ1n) is 6.91. The van der Waals surface area contributed by atoms with Crippen LogP contribution in [0.15, 0.2) is 30.5 Å². The van der Waals surface area contributed by atoms with Crippen molar-refractivity contribution in [2.24, 2.45) is 5.73 Å². The number of likely N-dealkylation sites (tertiary alicyclic amines) is 1. The maximum atomic E-state index is 12.5. The van der Waals surface area contributed by atoms with Gasteiger partial charge >= 0.3 is 0 Å². The molecule has 1 amide bonds. The molecular weight excluding hydrogens is 288 g/mol. The van der Waals surface area contributed by atoms with Crippen LogP contribution in [0.5, 0.6) is 0 Å². The molecule has 2 aromatic rings. The van der Waals surface area contributed by atoms with Gasteiger partial charge in [0.05, 0.1) is 23.1 Å². The van der Waals surface area contributed by atoms with E-state index in [2.05, 4.69) is 5.10 Å². The van der Waals surface area contributed by atoms with E-state index in [0.717, 1.165) is 17.8 Å². The van der Waals surface area contributed by atoms with Crippen LogP contribution < -0.4 is 5.73 Å². The summed E-state index contributed by atoms with van der Waals surface area (Å²) in [5, 5.41) is 4.96. The van der Waals surface area contributed by atoms with Crippen molar-refractivity contribution >= 4 is 17.5 Å². The molecule has 1 atom stereocenters. The second-order valence-electron chi connectivity index (χ2n) is 5.34. The first-order chi connectivity index (χ1) is 10.1. The predicted molar refractivity (Wildman–Crippen MR) is 81.8 cm³/mol. The van der Waals surface area contributed by atoms with Gasteiger partial charge in [0, 0.05) is 24.2 Å². The van der Waals surface area contributed by atoms with E-state index in [1.54, 1.807) is 15.8 Å². The molecule has 1 aliphatic heterocycles. The molecule has 2 heterocycles. The monoisotopic (exact) mass is 304 g/mol. The van der Waals surface area contributed by atoms with Crippen LogP contribution in [0.25, 0.3) is 5.69 Å². The number of carbonyl (C=O) groups excluding carboxylic acids is 1. The standard InChI is InChI=1S/C15H17ClN4O/c1-10-14(15(21)19-6-5-12(17)9-19)8-18-20(10)13-4-2-3-11(16)7-13/h2-4,7-8,12H,5-6,9,17H2,1H3/t12-/m0/s1. The van der Waals surface area contributed by atoms with Gasteiger partial charge in [-0.25, -0.2) is 4.68 Å². The van der Waals surface area contributed by atoms with Crippen LogP contribution in [0.2, 0.25) is 5.02 Å². The molecule has 3 rings (SSSR count). The Bertz CT molecular complexity index is 682. The number of hydrogen-bond donors (Lipinski definition) is 1. The summed E-state index contributed by atoms with van der Waals surface area (Å²) in [5.41, 5.74) is 8.13. The van der Waals surface area contributed by atoms with Gasteiger partial charge in [-0.15, -0.1) is 0 Å². The fourth-order valence-corrected chi connectivity index (χ4v) is 2.81. The Morgan fingerprint density at radius 2 is 2.29 bits per heavy atom. The first-order valence-corrected chi connectivity index (χ1v) is 7.29. The Labute approximate surface area is 128 Å². The minimum Gasteiger partial charge on any atom is -0.337 e. The van der Waals surface area contributed by atoms with Crippen LogP contribution in [0, 0.1) is 6.92 Å². The van der Waals surface area contributed by atoms with E-state index in [0.29, 0.717) is 23.7 Å². The summed E-state index contributed by atoms with van der Waals surface area (Å²) in [4.78, 5) is 14.3. The van der Waals surface area contributed by atoms with Crippen LogP contribution in [-0.2, 0) is 0 Å². The predicted octanol–water partition coefficient (Wildman–Crippen LogP) is 2.01. The van der Waals surface area contributed by atoms with Crippen molar-refractivity contribution in [1.82, 2.24) is 14.7 Å². The second kappa shape index (κ2) is 5.50. The highest BCUT2D eigenvalue weighted by Crippen LogP contribution is 2.20. The normalized spacial score (nSPS) is 18.2. The molecule has 1 aromatic heterocycles. The number of amides is 1. The lowest BCUT2D eigenvalue weighted by Crippen LogP contribution is -2.32. The molecule has 6 heteroatoms. The van der Waals surface area contributed by atoms with Crippen molar-refractivity contribution in [3.05, 3.63) is 46.7 Å². The van der Waals surface area contributed by atoms with E-state index >= 15 is 0 Å². The highest BCUT2D eigenvalue weighted by molar-refractivity contribution is 6.30. The summed E-state index contributed by atoms with van der Waals surface area (Å²) in [6, 6.07) is 7.48. The number of carbonyl (C=O) groups is 1. The van der Waals surface area contributed by atoms with Gasteiger partial charge in [0.2, 0.25) is 0 Å². The van der Waals surface area contributed by atoms with Crippen LogP contribution >= 0.6 is 11.6 Å². The summed E-state index contributed by atoms with van der Waals surface area (Å²) in [6.07, 6.45) is 2.47. The molecule has 0 spiro atoms. The van der Waals surface area contributed by atoms with Crippen molar-refractivity contribution in [2.75, 3.05) is 13.1 Å². The highest BCUT2D eigenvalue weighted by atomic mass is 35.5. The Morgan fingerprint density at radius 1 is 1.48 bits per heavy atom. The van der Waals surface area contributed by atoms with Gasteiger partial charge < -0.3 is 10.6 Å². The smallest absolute Gasteiger partial charge is 0.257 e. The summed E-state index contributed by atoms with van der Waals surface area (Å²) < 4.78 is 1.73. The van der Waals surface area contributed by atoms with E-state index in [1.165, 1.54) is 0 Å². The SMILES string of the molecule is Cc1c(C(=O)N2CC[C@H](N)C2)cnn1-c1cccc(Cl)c1. The van der Waals surface area contributed by atoms with Gasteiger partial charge in [-0.3, -0.25) is 4.79 Å². The minimum absolute atomic E-state index is 0.00581. The van der Waals surface area contributed by atoms with Gasteiger partial charge in [0.1, 0.15) is 0 Å². The third kappa shape index (κ3) is 2.66. The van der Waals surface area contributed by atoms with E-state index in [1.807, 2.05) is 31.2 Å². The molecule has 5 nitrogen and oxygen atoms in total. The fourth-order valence-electron chi connectivity index (χ4n) is 2.63. The van der Waals surface area contributed by atoms with E-state index < -0.39 is 0 Å². The maximum absolute atomic E-state index is 12.5. The number of nitrogens with two attached hydrogens (primary N) is 1. The molecule has 1 fully saturated rings. The van der Waals surface area contributed by atoms with Gasteiger partial charge in [-0.1, -0.05) is 17.7 Å². The molecule has 21 heavy (non-hydrogen) atoms. The lowest BCUT2D eigenvalue weighted by Gasteiger charge is -2.15. The molecule has 0 unspecified atom stereocenters. The largest absolute Gasteiger partial charge is 0.337 e. The maximum Gasteiger partial charge on any atom is 0.257 e. The van der Waals surface area contributed by atoms with Crippen LogP contribution in [0.1, 0.15) is 22.5 Å². The Morgan fingerprint density at radius 3 is 2.95 bits per heavy atom. The number of halogens is 1. The zero-order chi connectivity index (χ0) is 15.0. The Kier molecular flexibility index (Phi) is 3.69. The average molecular weight is 305 g/mol. The summed E-state index contributed by atoms with van der Waals surface area (Å²) >= 11 is 6.01. The number of aromatic nitrogens is 2. The number of nitrogens with zero attached hydrogens (tertiary/aromatic N) is 3. The Balaban J connectivity index is 1.91. The zero-order valence-electron chi connectivity index (χ0n) is 11.8. The number of benzene rings is 1. The molecule has 1 saturated heterocycles. The molecular formula is C15H17ClN4O. The van der Waals surface area contributed by atoms with Crippen molar-refractivity contribution in [2.45, 2.75) is 19.4 Å². The molecule has 0 aliphatic carbocycles. The van der Waals surface area contributed by atoms with Crippen LogP contribution in [-0.4, -0.2) is 39.7 Å². The molecule has 0 bridgehead atoms. The lowest BCUT2D eigenvalue weighted by molar-refractivity contribution is 0.0790. The van der Waals surface area contributed by atoms with Crippen LogP contribution in [0.4, 0.5) is 0 Å². The van der Waals surface area contributed by atoms with Gasteiger partial charge in [0.15, 0.2) is 0 Å². The van der Waals surface area contributed by atoms with Crippen molar-refractivity contribution in [3.8, 4) is 5.69 Å². The van der Waals surface area contributed by atoms with Gasteiger partial charge in [-0.2, -0.15) is 5.10 Å². The summed E-state index contributed by atoms with van der Waals surface area (Å²) in [5.74, 6) is -0.00581. The average Bonchev–Trinajstić information content (AvgIpc) is 3.04. The van der Waals surface area contributed by atoms with Crippen molar-refractivity contribution in [1.29, 1.82) is 0 Å². The molecule has 110 valence electrons. The molecule has 1 aromatic carbocycles. The third-order valence-corrected chi connectivity index (χ3v) is 4.04. The van der Waals surface area contributed by atoms with E-state index in [4.69, 9.17) is 17.3 Å². The zero-order valence-corrected chi connectivity index (χ0v) is 12.5.